The van der Waals surface area contributed by atoms with Crippen molar-refractivity contribution in [2.24, 2.45) is 0 Å². The molecule has 0 heterocycles. The minimum Gasteiger partial charge on any atom is -0.772 e. The molecule has 0 aromatic heterocycles. The Balaban J connectivity index is 2.07. The highest BCUT2D eigenvalue weighted by molar-refractivity contribution is 7.78. The SMILES string of the molecule is O=S([O-])Cc1ccccc1OCc1ccccc1. The highest BCUT2D eigenvalue weighted by Crippen LogP contribution is 2.20. The summed E-state index contributed by atoms with van der Waals surface area (Å²) in [4.78, 5) is 0. The second-order valence-corrected chi connectivity index (χ2v) is 4.73. The molecule has 0 aliphatic heterocycles. The lowest BCUT2D eigenvalue weighted by Gasteiger charge is -2.12. The van der Waals surface area contributed by atoms with Crippen molar-refractivity contribution in [2.45, 2.75) is 12.4 Å². The fourth-order valence-corrected chi connectivity index (χ4v) is 2.12. The van der Waals surface area contributed by atoms with Gasteiger partial charge in [-0.05, 0) is 11.6 Å². The monoisotopic (exact) mass is 261 g/mol. The molecule has 94 valence electrons. The largest absolute Gasteiger partial charge is 0.772 e. The van der Waals surface area contributed by atoms with Gasteiger partial charge in [0.25, 0.3) is 0 Å². The zero-order valence-electron chi connectivity index (χ0n) is 9.74. The van der Waals surface area contributed by atoms with Crippen molar-refractivity contribution < 1.29 is 13.5 Å². The molecule has 0 amide bonds. The fourth-order valence-electron chi connectivity index (χ4n) is 1.63. The predicted octanol–water partition coefficient (Wildman–Crippen LogP) is 2.64. The van der Waals surface area contributed by atoms with Crippen LogP contribution in [0.3, 0.4) is 0 Å². The minimum atomic E-state index is -2.10. The number of benzene rings is 2. The quantitative estimate of drug-likeness (QED) is 0.777. The third-order valence-electron chi connectivity index (χ3n) is 2.48. The first-order valence-corrected chi connectivity index (χ1v) is 6.80. The van der Waals surface area contributed by atoms with Crippen LogP contribution in [0.25, 0.3) is 0 Å². The molecular formula is C14H13O3S-. The van der Waals surface area contributed by atoms with Crippen LogP contribution in [0.2, 0.25) is 0 Å². The first-order chi connectivity index (χ1) is 8.75. The van der Waals surface area contributed by atoms with Crippen molar-refractivity contribution in [3.05, 3.63) is 65.7 Å². The topological polar surface area (TPSA) is 49.4 Å². The van der Waals surface area contributed by atoms with Crippen LogP contribution in [-0.4, -0.2) is 8.76 Å². The molecule has 1 unspecified atom stereocenters. The highest BCUT2D eigenvalue weighted by Gasteiger charge is 2.03. The number of hydrogen-bond acceptors (Lipinski definition) is 3. The van der Waals surface area contributed by atoms with E-state index in [4.69, 9.17) is 4.74 Å². The molecule has 1 atom stereocenters. The molecule has 0 spiro atoms. The van der Waals surface area contributed by atoms with Gasteiger partial charge in [0.15, 0.2) is 0 Å². The summed E-state index contributed by atoms with van der Waals surface area (Å²) in [5, 5.41) is 0. The van der Waals surface area contributed by atoms with E-state index in [9.17, 15) is 8.76 Å². The maximum atomic E-state index is 10.7. The Kier molecular flexibility index (Phi) is 4.50. The molecule has 2 aromatic rings. The molecule has 2 rings (SSSR count). The Morgan fingerprint density at radius 1 is 1.00 bits per heavy atom. The Bertz CT molecular complexity index is 526. The lowest BCUT2D eigenvalue weighted by molar-refractivity contribution is 0.303. The summed E-state index contributed by atoms with van der Waals surface area (Å²) in [6.45, 7) is 0.434. The number of hydrogen-bond donors (Lipinski definition) is 0. The first kappa shape index (κ1) is 12.8. The Morgan fingerprint density at radius 2 is 1.67 bits per heavy atom. The van der Waals surface area contributed by atoms with Gasteiger partial charge in [0.1, 0.15) is 12.4 Å². The average Bonchev–Trinajstić information content (AvgIpc) is 2.38. The fraction of sp³-hybridized carbons (Fsp3) is 0.143. The number of ether oxygens (including phenoxy) is 1. The Morgan fingerprint density at radius 3 is 2.39 bits per heavy atom. The molecule has 0 N–H and O–H groups in total. The van der Waals surface area contributed by atoms with Crippen LogP contribution in [0.4, 0.5) is 0 Å². The van der Waals surface area contributed by atoms with Crippen molar-refractivity contribution in [3.63, 3.8) is 0 Å². The smallest absolute Gasteiger partial charge is 0.123 e. The average molecular weight is 261 g/mol. The molecule has 4 heteroatoms. The van der Waals surface area contributed by atoms with E-state index < -0.39 is 11.1 Å². The van der Waals surface area contributed by atoms with Gasteiger partial charge >= 0.3 is 0 Å². The maximum absolute atomic E-state index is 10.7. The lowest BCUT2D eigenvalue weighted by atomic mass is 10.2. The van der Waals surface area contributed by atoms with E-state index >= 15 is 0 Å². The van der Waals surface area contributed by atoms with Crippen molar-refractivity contribution in [1.29, 1.82) is 0 Å². The Hall–Kier alpha value is -1.65. The summed E-state index contributed by atoms with van der Waals surface area (Å²) >= 11 is -2.10. The second-order valence-electron chi connectivity index (χ2n) is 3.83. The zero-order chi connectivity index (χ0) is 12.8. The summed E-state index contributed by atoms with van der Waals surface area (Å²) in [6, 6.07) is 16.9. The maximum Gasteiger partial charge on any atom is 0.123 e. The molecule has 0 aliphatic rings. The van der Waals surface area contributed by atoms with Crippen molar-refractivity contribution >= 4 is 11.1 Å². The van der Waals surface area contributed by atoms with E-state index in [1.165, 1.54) is 0 Å². The van der Waals surface area contributed by atoms with Crippen LogP contribution < -0.4 is 4.74 Å². The number of para-hydroxylation sites is 1. The van der Waals surface area contributed by atoms with Gasteiger partial charge in [-0.25, -0.2) is 0 Å². The summed E-state index contributed by atoms with van der Waals surface area (Å²) in [7, 11) is 0. The molecular weight excluding hydrogens is 248 g/mol. The van der Waals surface area contributed by atoms with Gasteiger partial charge < -0.3 is 9.29 Å². The lowest BCUT2D eigenvalue weighted by Crippen LogP contribution is -2.00. The first-order valence-electron chi connectivity index (χ1n) is 5.56. The normalized spacial score (nSPS) is 12.1. The van der Waals surface area contributed by atoms with E-state index in [-0.39, 0.29) is 5.75 Å². The molecule has 2 aromatic carbocycles. The van der Waals surface area contributed by atoms with E-state index in [0.29, 0.717) is 17.9 Å². The third-order valence-corrected chi connectivity index (χ3v) is 3.03. The predicted molar refractivity (Wildman–Crippen MR) is 69.8 cm³/mol. The van der Waals surface area contributed by atoms with Gasteiger partial charge in [0.05, 0.1) is 0 Å². The van der Waals surface area contributed by atoms with Gasteiger partial charge in [0, 0.05) is 11.3 Å². The molecule has 18 heavy (non-hydrogen) atoms. The van der Waals surface area contributed by atoms with Crippen LogP contribution in [0, 0.1) is 0 Å². The van der Waals surface area contributed by atoms with Gasteiger partial charge in [-0.15, -0.1) is 0 Å². The standard InChI is InChI=1S/C14H14O3S/c15-18(16)11-13-8-4-5-9-14(13)17-10-12-6-2-1-3-7-12/h1-9H,10-11H2,(H,15,16)/p-1. The van der Waals surface area contributed by atoms with Crippen molar-refractivity contribution in [3.8, 4) is 5.75 Å². The van der Waals surface area contributed by atoms with Crippen LogP contribution in [-0.2, 0) is 23.4 Å². The van der Waals surface area contributed by atoms with Crippen molar-refractivity contribution in [2.75, 3.05) is 0 Å². The van der Waals surface area contributed by atoms with Crippen LogP contribution >= 0.6 is 0 Å². The van der Waals surface area contributed by atoms with E-state index in [1.54, 1.807) is 18.2 Å². The van der Waals surface area contributed by atoms with Crippen LogP contribution in [0.1, 0.15) is 11.1 Å². The van der Waals surface area contributed by atoms with E-state index in [1.807, 2.05) is 36.4 Å². The summed E-state index contributed by atoms with van der Waals surface area (Å²) in [5.74, 6) is 0.593. The summed E-state index contributed by atoms with van der Waals surface area (Å²) < 4.78 is 27.1. The minimum absolute atomic E-state index is 0.0229. The molecule has 0 bridgehead atoms. The third kappa shape index (κ3) is 3.68. The van der Waals surface area contributed by atoms with Crippen LogP contribution in [0.15, 0.2) is 54.6 Å². The molecule has 0 saturated carbocycles. The summed E-state index contributed by atoms with van der Waals surface area (Å²) in [6.07, 6.45) is 0. The van der Waals surface area contributed by atoms with Gasteiger partial charge in [-0.1, -0.05) is 59.6 Å². The molecule has 3 nitrogen and oxygen atoms in total. The zero-order valence-corrected chi connectivity index (χ0v) is 10.6. The summed E-state index contributed by atoms with van der Waals surface area (Å²) in [5.41, 5.74) is 1.73. The second kappa shape index (κ2) is 6.33. The molecule has 0 aliphatic carbocycles. The van der Waals surface area contributed by atoms with Crippen LogP contribution in [0.5, 0.6) is 5.75 Å². The van der Waals surface area contributed by atoms with E-state index in [2.05, 4.69) is 0 Å². The number of rotatable bonds is 5. The van der Waals surface area contributed by atoms with Gasteiger partial charge in [0.2, 0.25) is 0 Å². The Labute approximate surface area is 109 Å². The molecule has 0 fully saturated rings. The molecule has 0 radical (unpaired) electrons. The van der Waals surface area contributed by atoms with Gasteiger partial charge in [-0.2, -0.15) is 0 Å². The highest BCUT2D eigenvalue weighted by atomic mass is 32.2. The van der Waals surface area contributed by atoms with E-state index in [0.717, 1.165) is 5.56 Å². The molecule has 0 saturated heterocycles. The van der Waals surface area contributed by atoms with Gasteiger partial charge in [-0.3, -0.25) is 4.21 Å². The van der Waals surface area contributed by atoms with Crippen molar-refractivity contribution in [1.82, 2.24) is 0 Å².